The van der Waals surface area contributed by atoms with E-state index < -0.39 is 0 Å². The summed E-state index contributed by atoms with van der Waals surface area (Å²) in [5.74, 6) is 1.14. The fourth-order valence-electron chi connectivity index (χ4n) is 2.09. The average Bonchev–Trinajstić information content (AvgIpc) is 2.40. The molecule has 7 heteroatoms. The van der Waals surface area contributed by atoms with Crippen LogP contribution in [0.15, 0.2) is 0 Å². The lowest BCUT2D eigenvalue weighted by Gasteiger charge is -2.24. The summed E-state index contributed by atoms with van der Waals surface area (Å²) < 4.78 is 5.43. The Kier molecular flexibility index (Phi) is 5.15. The van der Waals surface area contributed by atoms with E-state index in [9.17, 15) is 0 Å². The van der Waals surface area contributed by atoms with Crippen LogP contribution in [0, 0.1) is 0 Å². The second kappa shape index (κ2) is 6.86. The maximum absolute atomic E-state index is 5.97. The number of halogens is 1. The highest BCUT2D eigenvalue weighted by atomic mass is 35.5. The Hall–Kier alpha value is -1.14. The molecule has 1 aromatic heterocycles. The van der Waals surface area contributed by atoms with Crippen molar-refractivity contribution in [3.05, 3.63) is 5.28 Å². The summed E-state index contributed by atoms with van der Waals surface area (Å²) in [4.78, 5) is 14.8. The van der Waals surface area contributed by atoms with Crippen LogP contribution in [0.25, 0.3) is 0 Å². The fourth-order valence-corrected chi connectivity index (χ4v) is 2.24. The molecule has 1 aliphatic heterocycles. The van der Waals surface area contributed by atoms with Crippen LogP contribution in [0.2, 0.25) is 5.28 Å². The highest BCUT2D eigenvalue weighted by Gasteiger charge is 2.16. The minimum Gasteiger partial charge on any atom is -0.379 e. The predicted octanol–water partition coefficient (Wildman–Crippen LogP) is 1.96. The van der Waals surface area contributed by atoms with Crippen LogP contribution in [0.4, 0.5) is 11.9 Å². The minimum atomic E-state index is 0.219. The van der Waals surface area contributed by atoms with Crippen LogP contribution in [0.5, 0.6) is 0 Å². The number of aromatic nitrogens is 3. The molecular weight excluding hydrogens is 266 g/mol. The topological polar surface area (TPSA) is 63.2 Å². The fraction of sp³-hybridized carbons (Fsp3) is 0.750. The summed E-state index contributed by atoms with van der Waals surface area (Å²) in [6.07, 6.45) is 2.11. The van der Waals surface area contributed by atoms with Gasteiger partial charge in [0.1, 0.15) is 0 Å². The standard InChI is InChI=1S/C12H20ClN5O/c1-3-18(4-2)12-16-10(13)15-11(17-12)14-9-6-5-7-19-8-9/h9H,3-8H2,1-2H3,(H,14,15,16,17). The highest BCUT2D eigenvalue weighted by molar-refractivity contribution is 6.28. The minimum absolute atomic E-state index is 0.219. The SMILES string of the molecule is CCN(CC)c1nc(Cl)nc(NC2CCCOC2)n1. The lowest BCUT2D eigenvalue weighted by Crippen LogP contribution is -2.31. The maximum Gasteiger partial charge on any atom is 0.231 e. The molecule has 1 aliphatic rings. The largest absolute Gasteiger partial charge is 0.379 e. The lowest BCUT2D eigenvalue weighted by atomic mass is 10.1. The number of anilines is 2. The molecule has 1 N–H and O–H groups in total. The van der Waals surface area contributed by atoms with Crippen LogP contribution in [-0.2, 0) is 4.74 Å². The average molecular weight is 286 g/mol. The number of nitrogens with zero attached hydrogens (tertiary/aromatic N) is 4. The molecule has 1 atom stereocenters. The van der Waals surface area contributed by atoms with E-state index in [-0.39, 0.29) is 11.3 Å². The Bertz CT molecular complexity index is 407. The van der Waals surface area contributed by atoms with Crippen molar-refractivity contribution >= 4 is 23.5 Å². The summed E-state index contributed by atoms with van der Waals surface area (Å²) >= 11 is 5.97. The van der Waals surface area contributed by atoms with Crippen molar-refractivity contribution in [2.75, 3.05) is 36.5 Å². The Morgan fingerprint density at radius 3 is 2.74 bits per heavy atom. The van der Waals surface area contributed by atoms with E-state index in [1.165, 1.54) is 0 Å². The summed E-state index contributed by atoms with van der Waals surface area (Å²) in [5.41, 5.74) is 0. The lowest BCUT2D eigenvalue weighted by molar-refractivity contribution is 0.0874. The third-order valence-corrected chi connectivity index (χ3v) is 3.31. The molecule has 1 unspecified atom stereocenters. The first-order chi connectivity index (χ1) is 9.22. The van der Waals surface area contributed by atoms with Gasteiger partial charge in [0, 0.05) is 19.7 Å². The first-order valence-corrected chi connectivity index (χ1v) is 7.11. The molecule has 0 radical (unpaired) electrons. The van der Waals surface area contributed by atoms with Gasteiger partial charge < -0.3 is 15.0 Å². The monoisotopic (exact) mass is 285 g/mol. The van der Waals surface area contributed by atoms with Gasteiger partial charge in [-0.1, -0.05) is 0 Å². The molecule has 6 nitrogen and oxygen atoms in total. The van der Waals surface area contributed by atoms with Gasteiger partial charge in [-0.15, -0.1) is 0 Å². The van der Waals surface area contributed by atoms with E-state index in [1.54, 1.807) is 0 Å². The third-order valence-electron chi connectivity index (χ3n) is 3.14. The van der Waals surface area contributed by atoms with Gasteiger partial charge in [-0.25, -0.2) is 0 Å². The molecule has 0 aliphatic carbocycles. The normalized spacial score (nSPS) is 19.2. The maximum atomic E-state index is 5.97. The van der Waals surface area contributed by atoms with E-state index in [0.717, 1.165) is 32.5 Å². The van der Waals surface area contributed by atoms with Crippen molar-refractivity contribution < 1.29 is 4.74 Å². The molecule has 2 heterocycles. The van der Waals surface area contributed by atoms with Gasteiger partial charge >= 0.3 is 0 Å². The van der Waals surface area contributed by atoms with E-state index >= 15 is 0 Å². The quantitative estimate of drug-likeness (QED) is 0.892. The van der Waals surface area contributed by atoms with Gasteiger partial charge in [-0.05, 0) is 38.3 Å². The van der Waals surface area contributed by atoms with Crippen LogP contribution >= 0.6 is 11.6 Å². The first-order valence-electron chi connectivity index (χ1n) is 6.73. The van der Waals surface area contributed by atoms with Crippen molar-refractivity contribution in [2.24, 2.45) is 0 Å². The van der Waals surface area contributed by atoms with Gasteiger partial charge in [0.25, 0.3) is 0 Å². The van der Waals surface area contributed by atoms with Crippen molar-refractivity contribution in [3.63, 3.8) is 0 Å². The van der Waals surface area contributed by atoms with Gasteiger partial charge in [0.2, 0.25) is 17.2 Å². The summed E-state index contributed by atoms with van der Waals surface area (Å²) in [5, 5.41) is 3.49. The van der Waals surface area contributed by atoms with Crippen molar-refractivity contribution in [2.45, 2.75) is 32.7 Å². The van der Waals surface area contributed by atoms with Gasteiger partial charge in [-0.2, -0.15) is 15.0 Å². The van der Waals surface area contributed by atoms with Crippen LogP contribution in [0.1, 0.15) is 26.7 Å². The molecular formula is C12H20ClN5O. The molecule has 1 saturated heterocycles. The number of ether oxygens (including phenoxy) is 1. The van der Waals surface area contributed by atoms with Gasteiger partial charge in [-0.3, -0.25) is 0 Å². The zero-order valence-corrected chi connectivity index (χ0v) is 12.2. The Morgan fingerprint density at radius 2 is 2.11 bits per heavy atom. The zero-order valence-electron chi connectivity index (χ0n) is 11.4. The molecule has 0 spiro atoms. The smallest absolute Gasteiger partial charge is 0.231 e. The van der Waals surface area contributed by atoms with E-state index in [0.29, 0.717) is 18.5 Å². The van der Waals surface area contributed by atoms with Crippen molar-refractivity contribution in [1.29, 1.82) is 0 Å². The number of nitrogens with one attached hydrogen (secondary N) is 1. The molecule has 1 aromatic rings. The molecule has 0 amide bonds. The second-order valence-corrected chi connectivity index (χ2v) is 4.80. The molecule has 106 valence electrons. The molecule has 0 bridgehead atoms. The van der Waals surface area contributed by atoms with Crippen LogP contribution in [-0.4, -0.2) is 47.3 Å². The summed E-state index contributed by atoms with van der Waals surface area (Å²) in [6.45, 7) is 7.31. The number of hydrogen-bond acceptors (Lipinski definition) is 6. The Labute approximate surface area is 118 Å². The molecule has 0 aromatic carbocycles. The van der Waals surface area contributed by atoms with E-state index in [4.69, 9.17) is 16.3 Å². The van der Waals surface area contributed by atoms with Crippen LogP contribution in [0.3, 0.4) is 0 Å². The number of hydrogen-bond donors (Lipinski definition) is 1. The molecule has 1 fully saturated rings. The van der Waals surface area contributed by atoms with Gasteiger partial charge in [0.15, 0.2) is 0 Å². The first kappa shape index (κ1) is 14.3. The predicted molar refractivity (Wildman–Crippen MR) is 75.9 cm³/mol. The molecule has 0 saturated carbocycles. The zero-order chi connectivity index (χ0) is 13.7. The Morgan fingerprint density at radius 1 is 1.32 bits per heavy atom. The number of rotatable bonds is 5. The van der Waals surface area contributed by atoms with E-state index in [1.807, 2.05) is 4.90 Å². The van der Waals surface area contributed by atoms with Crippen molar-refractivity contribution in [3.8, 4) is 0 Å². The van der Waals surface area contributed by atoms with Gasteiger partial charge in [0.05, 0.1) is 12.6 Å². The second-order valence-electron chi connectivity index (χ2n) is 4.46. The molecule has 19 heavy (non-hydrogen) atoms. The third kappa shape index (κ3) is 3.91. The van der Waals surface area contributed by atoms with E-state index in [2.05, 4.69) is 34.1 Å². The highest BCUT2D eigenvalue weighted by Crippen LogP contribution is 2.16. The van der Waals surface area contributed by atoms with Crippen molar-refractivity contribution in [1.82, 2.24) is 15.0 Å². The Balaban J connectivity index is 2.11. The molecule has 2 rings (SSSR count). The summed E-state index contributed by atoms with van der Waals surface area (Å²) in [7, 11) is 0. The van der Waals surface area contributed by atoms with Crippen LogP contribution < -0.4 is 10.2 Å². The summed E-state index contributed by atoms with van der Waals surface area (Å²) in [6, 6.07) is 0.247.